The highest BCUT2D eigenvalue weighted by atomic mass is 16.5. The summed E-state index contributed by atoms with van der Waals surface area (Å²) in [7, 11) is 1.80. The summed E-state index contributed by atoms with van der Waals surface area (Å²) in [6, 6.07) is 9.37. The third-order valence-corrected chi connectivity index (χ3v) is 3.90. The first-order valence-corrected chi connectivity index (χ1v) is 7.17. The number of benzene rings is 1. The SMILES string of the molecule is CCCNC(COC)C1CCCc2ccccc21. The van der Waals surface area contributed by atoms with Crippen molar-refractivity contribution in [2.24, 2.45) is 0 Å². The van der Waals surface area contributed by atoms with Gasteiger partial charge in [-0.15, -0.1) is 0 Å². The number of hydrogen-bond donors (Lipinski definition) is 1. The third-order valence-electron chi connectivity index (χ3n) is 3.90. The molecule has 1 N–H and O–H groups in total. The van der Waals surface area contributed by atoms with Gasteiger partial charge in [0.15, 0.2) is 0 Å². The number of methoxy groups -OCH3 is 1. The molecule has 2 rings (SSSR count). The predicted molar refractivity (Wildman–Crippen MR) is 76.1 cm³/mol. The lowest BCUT2D eigenvalue weighted by molar-refractivity contribution is 0.151. The molecular formula is C16H25NO. The van der Waals surface area contributed by atoms with E-state index in [9.17, 15) is 0 Å². The highest BCUT2D eigenvalue weighted by Crippen LogP contribution is 2.33. The van der Waals surface area contributed by atoms with Crippen molar-refractivity contribution in [2.45, 2.75) is 44.6 Å². The average Bonchev–Trinajstić information content (AvgIpc) is 2.43. The molecular weight excluding hydrogens is 222 g/mol. The second kappa shape index (κ2) is 6.91. The Morgan fingerprint density at radius 3 is 3.00 bits per heavy atom. The molecule has 0 amide bonds. The van der Waals surface area contributed by atoms with Crippen LogP contribution in [0.25, 0.3) is 0 Å². The molecule has 2 atom stereocenters. The minimum absolute atomic E-state index is 0.455. The number of hydrogen-bond acceptors (Lipinski definition) is 2. The van der Waals surface area contributed by atoms with Crippen LogP contribution in [-0.4, -0.2) is 26.3 Å². The van der Waals surface area contributed by atoms with Crippen molar-refractivity contribution in [1.29, 1.82) is 0 Å². The van der Waals surface area contributed by atoms with Gasteiger partial charge in [0.25, 0.3) is 0 Å². The average molecular weight is 247 g/mol. The summed E-state index contributed by atoms with van der Waals surface area (Å²) >= 11 is 0. The van der Waals surface area contributed by atoms with Gasteiger partial charge in [-0.3, -0.25) is 0 Å². The van der Waals surface area contributed by atoms with Crippen molar-refractivity contribution in [3.05, 3.63) is 35.4 Å². The van der Waals surface area contributed by atoms with Gasteiger partial charge in [-0.2, -0.15) is 0 Å². The van der Waals surface area contributed by atoms with Crippen LogP contribution in [0.2, 0.25) is 0 Å². The molecule has 2 heteroatoms. The number of aryl methyl sites for hydroxylation is 1. The Labute approximate surface area is 111 Å². The maximum Gasteiger partial charge on any atom is 0.0621 e. The fraction of sp³-hybridized carbons (Fsp3) is 0.625. The Hall–Kier alpha value is -0.860. The first kappa shape index (κ1) is 13.6. The number of fused-ring (bicyclic) bond motifs is 1. The van der Waals surface area contributed by atoms with Crippen molar-refractivity contribution in [3.8, 4) is 0 Å². The Kier molecular flexibility index (Phi) is 5.21. The van der Waals surface area contributed by atoms with Gasteiger partial charge in [-0.05, 0) is 43.4 Å². The van der Waals surface area contributed by atoms with Gasteiger partial charge in [-0.25, -0.2) is 0 Å². The zero-order valence-corrected chi connectivity index (χ0v) is 11.6. The number of rotatable bonds is 6. The molecule has 100 valence electrons. The lowest BCUT2D eigenvalue weighted by Crippen LogP contribution is -2.40. The van der Waals surface area contributed by atoms with Crippen molar-refractivity contribution in [3.63, 3.8) is 0 Å². The monoisotopic (exact) mass is 247 g/mol. The molecule has 0 aliphatic heterocycles. The van der Waals surface area contributed by atoms with Crippen LogP contribution in [-0.2, 0) is 11.2 Å². The van der Waals surface area contributed by atoms with Crippen LogP contribution < -0.4 is 5.32 Å². The minimum atomic E-state index is 0.455. The molecule has 0 radical (unpaired) electrons. The van der Waals surface area contributed by atoms with Crippen LogP contribution in [0, 0.1) is 0 Å². The van der Waals surface area contributed by atoms with E-state index < -0.39 is 0 Å². The second-order valence-electron chi connectivity index (χ2n) is 5.21. The Bertz CT molecular complexity index is 364. The van der Waals surface area contributed by atoms with Crippen molar-refractivity contribution in [1.82, 2.24) is 5.32 Å². The Balaban J connectivity index is 2.15. The first-order valence-electron chi connectivity index (χ1n) is 7.17. The third kappa shape index (κ3) is 3.12. The van der Waals surface area contributed by atoms with E-state index in [-0.39, 0.29) is 0 Å². The maximum absolute atomic E-state index is 5.41. The molecule has 0 saturated carbocycles. The largest absolute Gasteiger partial charge is 0.383 e. The zero-order chi connectivity index (χ0) is 12.8. The molecule has 0 bridgehead atoms. The Morgan fingerprint density at radius 1 is 1.39 bits per heavy atom. The van der Waals surface area contributed by atoms with Crippen molar-refractivity contribution in [2.75, 3.05) is 20.3 Å². The predicted octanol–water partition coefficient (Wildman–Crippen LogP) is 3.12. The fourth-order valence-electron chi connectivity index (χ4n) is 3.04. The summed E-state index contributed by atoms with van der Waals surface area (Å²) < 4.78 is 5.41. The summed E-state index contributed by atoms with van der Waals surface area (Å²) in [4.78, 5) is 0. The van der Waals surface area contributed by atoms with Crippen molar-refractivity contribution >= 4 is 0 Å². The molecule has 0 spiro atoms. The van der Waals surface area contributed by atoms with Crippen LogP contribution in [0.3, 0.4) is 0 Å². The highest BCUT2D eigenvalue weighted by molar-refractivity contribution is 5.33. The van der Waals surface area contributed by atoms with E-state index in [1.807, 2.05) is 0 Å². The maximum atomic E-state index is 5.41. The lowest BCUT2D eigenvalue weighted by Gasteiger charge is -2.32. The summed E-state index contributed by atoms with van der Waals surface area (Å²) in [5, 5.41) is 3.66. The van der Waals surface area contributed by atoms with Gasteiger partial charge in [0.1, 0.15) is 0 Å². The molecule has 2 unspecified atom stereocenters. The molecule has 2 nitrogen and oxygen atoms in total. The quantitative estimate of drug-likeness (QED) is 0.834. The summed E-state index contributed by atoms with van der Waals surface area (Å²) in [6.07, 6.45) is 4.99. The van der Waals surface area contributed by atoms with Gasteiger partial charge in [0.2, 0.25) is 0 Å². The summed E-state index contributed by atoms with van der Waals surface area (Å²) in [5.74, 6) is 0.612. The molecule has 1 aromatic rings. The summed E-state index contributed by atoms with van der Waals surface area (Å²) in [6.45, 7) is 4.09. The lowest BCUT2D eigenvalue weighted by atomic mass is 9.79. The topological polar surface area (TPSA) is 21.3 Å². The first-order chi connectivity index (χ1) is 8.86. The van der Waals surface area contributed by atoms with E-state index in [1.165, 1.54) is 36.8 Å². The van der Waals surface area contributed by atoms with Crippen LogP contribution in [0.1, 0.15) is 43.2 Å². The van der Waals surface area contributed by atoms with Crippen molar-refractivity contribution < 1.29 is 4.74 Å². The standard InChI is InChI=1S/C16H25NO/c1-3-11-17-16(12-18-2)15-10-6-8-13-7-4-5-9-14(13)15/h4-5,7,9,15-17H,3,6,8,10-12H2,1-2H3. The van der Waals surface area contributed by atoms with E-state index >= 15 is 0 Å². The van der Waals surface area contributed by atoms with E-state index in [2.05, 4.69) is 36.5 Å². The summed E-state index contributed by atoms with van der Waals surface area (Å²) in [5.41, 5.74) is 3.07. The van der Waals surface area contributed by atoms with E-state index in [4.69, 9.17) is 4.74 Å². The van der Waals surface area contributed by atoms with Crippen LogP contribution in [0.4, 0.5) is 0 Å². The molecule has 18 heavy (non-hydrogen) atoms. The molecule has 1 aliphatic carbocycles. The van der Waals surface area contributed by atoms with Gasteiger partial charge >= 0.3 is 0 Å². The molecule has 1 aromatic carbocycles. The second-order valence-corrected chi connectivity index (χ2v) is 5.21. The highest BCUT2D eigenvalue weighted by Gasteiger charge is 2.27. The minimum Gasteiger partial charge on any atom is -0.383 e. The molecule has 1 aliphatic rings. The van der Waals surface area contributed by atoms with E-state index in [0.29, 0.717) is 12.0 Å². The Morgan fingerprint density at radius 2 is 2.22 bits per heavy atom. The van der Waals surface area contributed by atoms with Crippen LogP contribution >= 0.6 is 0 Å². The van der Waals surface area contributed by atoms with Gasteiger partial charge < -0.3 is 10.1 Å². The van der Waals surface area contributed by atoms with Crippen LogP contribution in [0.5, 0.6) is 0 Å². The van der Waals surface area contributed by atoms with Gasteiger partial charge in [0, 0.05) is 19.1 Å². The van der Waals surface area contributed by atoms with E-state index in [1.54, 1.807) is 7.11 Å². The van der Waals surface area contributed by atoms with Gasteiger partial charge in [-0.1, -0.05) is 31.2 Å². The zero-order valence-electron chi connectivity index (χ0n) is 11.6. The molecule has 0 heterocycles. The molecule has 0 aromatic heterocycles. The molecule has 0 saturated heterocycles. The fourth-order valence-corrected chi connectivity index (χ4v) is 3.04. The van der Waals surface area contributed by atoms with E-state index in [0.717, 1.165) is 13.2 Å². The van der Waals surface area contributed by atoms with Crippen LogP contribution in [0.15, 0.2) is 24.3 Å². The number of nitrogens with one attached hydrogen (secondary N) is 1. The molecule has 0 fully saturated rings. The smallest absolute Gasteiger partial charge is 0.0621 e. The van der Waals surface area contributed by atoms with Gasteiger partial charge in [0.05, 0.1) is 6.61 Å². The normalized spacial score (nSPS) is 20.4. The number of ether oxygens (including phenoxy) is 1.